The van der Waals surface area contributed by atoms with Gasteiger partial charge in [-0.25, -0.2) is 4.79 Å². The van der Waals surface area contributed by atoms with Crippen LogP contribution in [0.25, 0.3) is 0 Å². The molecule has 0 aliphatic rings. The highest BCUT2D eigenvalue weighted by atomic mass is 19.4. The van der Waals surface area contributed by atoms with Crippen LogP contribution in [0.4, 0.5) is 13.2 Å². The van der Waals surface area contributed by atoms with Crippen molar-refractivity contribution in [2.24, 2.45) is 0 Å². The normalized spacial score (nSPS) is 11.0. The van der Waals surface area contributed by atoms with Gasteiger partial charge in [-0.15, -0.1) is 0 Å². The average molecular weight is 320 g/mol. The molecule has 0 heterocycles. The Bertz CT molecular complexity index is 540. The Morgan fingerprint density at radius 1 is 1.14 bits per heavy atom. The fraction of sp³-hybridized carbons (Fsp3) is 0.429. The highest BCUT2D eigenvalue weighted by Gasteiger charge is 2.32. The van der Waals surface area contributed by atoms with E-state index < -0.39 is 23.7 Å². The highest BCUT2D eigenvalue weighted by Crippen LogP contribution is 2.33. The van der Waals surface area contributed by atoms with E-state index in [2.05, 4.69) is 9.47 Å². The molecule has 122 valence electrons. The molecule has 0 N–H and O–H groups in total. The molecule has 0 atom stereocenters. The first kappa shape index (κ1) is 17.8. The molecule has 0 aromatic heterocycles. The first-order valence-electron chi connectivity index (χ1n) is 6.28. The number of methoxy groups -OCH3 is 2. The van der Waals surface area contributed by atoms with Crippen molar-refractivity contribution in [2.45, 2.75) is 19.0 Å². The molecule has 0 saturated carbocycles. The van der Waals surface area contributed by atoms with Gasteiger partial charge in [0.15, 0.2) is 0 Å². The minimum Gasteiger partial charge on any atom is -0.493 e. The maximum Gasteiger partial charge on any atom is 0.416 e. The maximum atomic E-state index is 12.7. The molecule has 1 aromatic rings. The molecule has 0 radical (unpaired) electrons. The lowest BCUT2D eigenvalue weighted by Gasteiger charge is -2.13. The molecule has 0 saturated heterocycles. The van der Waals surface area contributed by atoms with Crippen LogP contribution in [0.5, 0.6) is 5.75 Å². The number of esters is 2. The SMILES string of the molecule is COC(=O)CCCOc1cc(C(F)(F)F)ccc1C(=O)OC. The van der Waals surface area contributed by atoms with Gasteiger partial charge in [0.25, 0.3) is 0 Å². The minimum atomic E-state index is -4.56. The van der Waals surface area contributed by atoms with Crippen LogP contribution in [0.3, 0.4) is 0 Å². The largest absolute Gasteiger partial charge is 0.493 e. The highest BCUT2D eigenvalue weighted by molar-refractivity contribution is 5.92. The fourth-order valence-electron chi connectivity index (χ4n) is 1.60. The summed E-state index contributed by atoms with van der Waals surface area (Å²) in [6.45, 7) is -0.0413. The Morgan fingerprint density at radius 2 is 1.82 bits per heavy atom. The van der Waals surface area contributed by atoms with Crippen LogP contribution in [-0.2, 0) is 20.4 Å². The van der Waals surface area contributed by atoms with Crippen molar-refractivity contribution in [1.82, 2.24) is 0 Å². The van der Waals surface area contributed by atoms with Crippen LogP contribution in [0.15, 0.2) is 18.2 Å². The second kappa shape index (κ2) is 7.67. The van der Waals surface area contributed by atoms with Crippen molar-refractivity contribution in [3.8, 4) is 5.75 Å². The molecule has 0 bridgehead atoms. The molecule has 0 aliphatic heterocycles. The van der Waals surface area contributed by atoms with Crippen LogP contribution < -0.4 is 4.74 Å². The van der Waals surface area contributed by atoms with Gasteiger partial charge in [-0.1, -0.05) is 0 Å². The topological polar surface area (TPSA) is 61.8 Å². The molecule has 8 heteroatoms. The Balaban J connectivity index is 2.88. The number of ether oxygens (including phenoxy) is 3. The predicted octanol–water partition coefficient (Wildman–Crippen LogP) is 2.82. The van der Waals surface area contributed by atoms with Gasteiger partial charge in [0.05, 0.1) is 26.4 Å². The molecule has 22 heavy (non-hydrogen) atoms. The van der Waals surface area contributed by atoms with Crippen LogP contribution >= 0.6 is 0 Å². The van der Waals surface area contributed by atoms with Gasteiger partial charge in [-0.05, 0) is 24.6 Å². The van der Waals surface area contributed by atoms with Gasteiger partial charge in [0.2, 0.25) is 0 Å². The maximum absolute atomic E-state index is 12.7. The summed E-state index contributed by atoms with van der Waals surface area (Å²) in [6, 6.07) is 2.49. The van der Waals surface area contributed by atoms with Crippen LogP contribution in [0.2, 0.25) is 0 Å². The Morgan fingerprint density at radius 3 is 2.36 bits per heavy atom. The monoisotopic (exact) mass is 320 g/mol. The van der Waals surface area contributed by atoms with Crippen molar-refractivity contribution < 1.29 is 37.0 Å². The summed E-state index contributed by atoms with van der Waals surface area (Å²) >= 11 is 0. The number of rotatable bonds is 6. The summed E-state index contributed by atoms with van der Waals surface area (Å²) in [5.74, 6) is -1.51. The van der Waals surface area contributed by atoms with Gasteiger partial charge in [0.1, 0.15) is 11.3 Å². The van der Waals surface area contributed by atoms with Crippen LogP contribution in [-0.4, -0.2) is 32.8 Å². The average Bonchev–Trinajstić information content (AvgIpc) is 2.49. The Labute approximate surface area is 125 Å². The van der Waals surface area contributed by atoms with E-state index in [1.807, 2.05) is 0 Å². The first-order chi connectivity index (χ1) is 10.3. The summed E-state index contributed by atoms with van der Waals surface area (Å²) in [7, 11) is 2.34. The predicted molar refractivity (Wildman–Crippen MR) is 69.5 cm³/mol. The van der Waals surface area contributed by atoms with Crippen molar-refractivity contribution in [3.63, 3.8) is 0 Å². The molecule has 0 aliphatic carbocycles. The summed E-state index contributed by atoms with van der Waals surface area (Å²) in [5.41, 5.74) is -1.06. The minimum absolute atomic E-state index is 0.0413. The molecular formula is C14H15F3O5. The van der Waals surface area contributed by atoms with Crippen molar-refractivity contribution >= 4 is 11.9 Å². The zero-order valence-corrected chi connectivity index (χ0v) is 12.0. The second-order valence-corrected chi connectivity index (χ2v) is 4.23. The molecule has 0 unspecified atom stereocenters. The van der Waals surface area contributed by atoms with E-state index in [1.165, 1.54) is 7.11 Å². The number of halogens is 3. The second-order valence-electron chi connectivity index (χ2n) is 4.23. The molecule has 1 aromatic carbocycles. The lowest BCUT2D eigenvalue weighted by molar-refractivity contribution is -0.140. The number of carbonyl (C=O) groups is 2. The third kappa shape index (κ3) is 4.94. The van der Waals surface area contributed by atoms with E-state index in [-0.39, 0.29) is 30.8 Å². The molecule has 0 spiro atoms. The smallest absolute Gasteiger partial charge is 0.416 e. The van der Waals surface area contributed by atoms with Gasteiger partial charge in [0, 0.05) is 6.42 Å². The van der Waals surface area contributed by atoms with E-state index in [0.29, 0.717) is 0 Å². The van der Waals surface area contributed by atoms with Crippen LogP contribution in [0, 0.1) is 0 Å². The summed E-state index contributed by atoms with van der Waals surface area (Å²) < 4.78 is 52.2. The summed E-state index contributed by atoms with van der Waals surface area (Å²) in [6.07, 6.45) is -4.26. The van der Waals surface area contributed by atoms with Crippen molar-refractivity contribution in [1.29, 1.82) is 0 Å². The number of hydrogen-bond donors (Lipinski definition) is 0. The molecule has 0 amide bonds. The molecule has 0 fully saturated rings. The zero-order valence-electron chi connectivity index (χ0n) is 12.0. The van der Waals surface area contributed by atoms with Gasteiger partial charge in [-0.3, -0.25) is 4.79 Å². The number of carbonyl (C=O) groups excluding carboxylic acids is 2. The van der Waals surface area contributed by atoms with Crippen molar-refractivity contribution in [3.05, 3.63) is 29.3 Å². The molecule has 5 nitrogen and oxygen atoms in total. The van der Waals surface area contributed by atoms with Crippen LogP contribution in [0.1, 0.15) is 28.8 Å². The lowest BCUT2D eigenvalue weighted by Crippen LogP contribution is -2.11. The fourth-order valence-corrected chi connectivity index (χ4v) is 1.60. The summed E-state index contributed by atoms with van der Waals surface area (Å²) in [4.78, 5) is 22.5. The van der Waals surface area contributed by atoms with Crippen molar-refractivity contribution in [2.75, 3.05) is 20.8 Å². The standard InChI is InChI=1S/C14H15F3O5/c1-20-12(18)4-3-7-22-11-8-9(14(15,16)17)5-6-10(11)13(19)21-2/h5-6,8H,3-4,7H2,1-2H3. The van der Waals surface area contributed by atoms with E-state index in [1.54, 1.807) is 0 Å². The first-order valence-corrected chi connectivity index (χ1v) is 6.28. The van der Waals surface area contributed by atoms with E-state index in [0.717, 1.165) is 25.3 Å². The van der Waals surface area contributed by atoms with Gasteiger partial charge >= 0.3 is 18.1 Å². The molecule has 1 rings (SSSR count). The number of hydrogen-bond acceptors (Lipinski definition) is 5. The third-order valence-electron chi connectivity index (χ3n) is 2.72. The molecular weight excluding hydrogens is 305 g/mol. The van der Waals surface area contributed by atoms with E-state index >= 15 is 0 Å². The zero-order chi connectivity index (χ0) is 16.8. The van der Waals surface area contributed by atoms with Gasteiger partial charge in [-0.2, -0.15) is 13.2 Å². The number of benzene rings is 1. The third-order valence-corrected chi connectivity index (χ3v) is 2.72. The van der Waals surface area contributed by atoms with E-state index in [9.17, 15) is 22.8 Å². The Kier molecular flexibility index (Phi) is 6.21. The Hall–Kier alpha value is -2.25. The van der Waals surface area contributed by atoms with Gasteiger partial charge < -0.3 is 14.2 Å². The quantitative estimate of drug-likeness (QED) is 0.596. The number of alkyl halides is 3. The van der Waals surface area contributed by atoms with E-state index in [4.69, 9.17) is 4.74 Å². The lowest BCUT2D eigenvalue weighted by atomic mass is 10.1. The summed E-state index contributed by atoms with van der Waals surface area (Å²) in [5, 5.41) is 0.